The summed E-state index contributed by atoms with van der Waals surface area (Å²) in [5, 5.41) is 1.58. The molecule has 1 aromatic carbocycles. The number of aromatic amines is 1. The van der Waals surface area contributed by atoms with E-state index >= 15 is 0 Å². The van der Waals surface area contributed by atoms with Crippen LogP contribution in [0.15, 0.2) is 30.5 Å². The van der Waals surface area contributed by atoms with E-state index in [-0.39, 0.29) is 5.92 Å². The van der Waals surface area contributed by atoms with Crippen LogP contribution in [0.5, 0.6) is 5.75 Å². The number of nitrogens with one attached hydrogen (secondary N) is 1. The van der Waals surface area contributed by atoms with Crippen molar-refractivity contribution in [1.29, 1.82) is 0 Å². The van der Waals surface area contributed by atoms with Gasteiger partial charge in [-0.15, -0.1) is 11.3 Å². The molecular formula is C17H18N2O3S. The minimum atomic E-state index is -0.405. The van der Waals surface area contributed by atoms with Crippen LogP contribution in [0.2, 0.25) is 0 Å². The van der Waals surface area contributed by atoms with Gasteiger partial charge in [-0.1, -0.05) is 6.92 Å². The third kappa shape index (κ3) is 2.66. The molecule has 0 spiro atoms. The molecule has 0 radical (unpaired) electrons. The molecule has 0 aliphatic heterocycles. The third-order valence-corrected chi connectivity index (χ3v) is 5.15. The van der Waals surface area contributed by atoms with Crippen molar-refractivity contribution in [2.45, 2.75) is 12.8 Å². The van der Waals surface area contributed by atoms with Crippen LogP contribution < -0.4 is 10.5 Å². The lowest BCUT2D eigenvalue weighted by Gasteiger charge is -2.08. The number of thiophene rings is 1. The Bertz CT molecular complexity index is 866. The van der Waals surface area contributed by atoms with Gasteiger partial charge in [0, 0.05) is 27.9 Å². The lowest BCUT2D eigenvalue weighted by molar-refractivity contribution is 0.0602. The molecule has 3 aromatic rings. The predicted molar refractivity (Wildman–Crippen MR) is 92.4 cm³/mol. The smallest absolute Gasteiger partial charge is 0.340 e. The highest BCUT2D eigenvalue weighted by atomic mass is 32.1. The van der Waals surface area contributed by atoms with E-state index in [1.165, 1.54) is 18.4 Å². The van der Waals surface area contributed by atoms with E-state index in [9.17, 15) is 4.79 Å². The number of H-pyrrole nitrogens is 1. The predicted octanol–water partition coefficient (Wildman–Crippen LogP) is 3.76. The van der Waals surface area contributed by atoms with Gasteiger partial charge in [0.1, 0.15) is 10.8 Å². The molecule has 3 rings (SSSR count). The Balaban J connectivity index is 2.03. The second kappa shape index (κ2) is 5.96. The van der Waals surface area contributed by atoms with Crippen molar-refractivity contribution in [2.24, 2.45) is 0 Å². The molecule has 0 saturated carbocycles. The summed E-state index contributed by atoms with van der Waals surface area (Å²) in [6.07, 6.45) is 1.99. The molecule has 1 unspecified atom stereocenters. The summed E-state index contributed by atoms with van der Waals surface area (Å²) in [5.41, 5.74) is 8.57. The highest BCUT2D eigenvalue weighted by molar-refractivity contribution is 7.16. The number of fused-ring (bicyclic) bond motifs is 1. The van der Waals surface area contributed by atoms with Gasteiger partial charge in [0.15, 0.2) is 0 Å². The lowest BCUT2D eigenvalue weighted by atomic mass is 9.98. The zero-order valence-corrected chi connectivity index (χ0v) is 14.0. The topological polar surface area (TPSA) is 77.3 Å². The first-order chi connectivity index (χ1) is 11.0. The van der Waals surface area contributed by atoms with Gasteiger partial charge < -0.3 is 20.2 Å². The van der Waals surface area contributed by atoms with Crippen LogP contribution >= 0.6 is 11.3 Å². The van der Waals surface area contributed by atoms with E-state index in [0.29, 0.717) is 10.6 Å². The fraction of sp³-hybridized carbons (Fsp3) is 0.235. The molecular weight excluding hydrogens is 312 g/mol. The van der Waals surface area contributed by atoms with Crippen molar-refractivity contribution in [3.63, 3.8) is 0 Å². The number of rotatable bonds is 4. The van der Waals surface area contributed by atoms with Gasteiger partial charge in [0.25, 0.3) is 0 Å². The van der Waals surface area contributed by atoms with Crippen LogP contribution in [0.3, 0.4) is 0 Å². The maximum absolute atomic E-state index is 11.7. The molecule has 6 heteroatoms. The number of nitrogens with two attached hydrogens (primary N) is 1. The number of nitrogen functional groups attached to an aromatic ring is 1. The normalized spacial score (nSPS) is 12.3. The highest BCUT2D eigenvalue weighted by Crippen LogP contribution is 2.38. The van der Waals surface area contributed by atoms with E-state index in [1.54, 1.807) is 7.11 Å². The largest absolute Gasteiger partial charge is 0.497 e. The number of aromatic nitrogens is 1. The molecule has 0 aliphatic carbocycles. The third-order valence-electron chi connectivity index (χ3n) is 4.00. The lowest BCUT2D eigenvalue weighted by Crippen LogP contribution is -2.02. The van der Waals surface area contributed by atoms with E-state index in [4.69, 9.17) is 15.2 Å². The molecule has 3 N–H and O–H groups in total. The Morgan fingerprint density at radius 3 is 2.78 bits per heavy atom. The second-order valence-electron chi connectivity index (χ2n) is 5.30. The number of hydrogen-bond donors (Lipinski definition) is 2. The fourth-order valence-electron chi connectivity index (χ4n) is 2.67. The molecule has 0 bridgehead atoms. The fourth-order valence-corrected chi connectivity index (χ4v) is 3.65. The van der Waals surface area contributed by atoms with Crippen molar-refractivity contribution in [3.8, 4) is 5.75 Å². The Labute approximate surface area is 138 Å². The first-order valence-corrected chi connectivity index (χ1v) is 7.99. The van der Waals surface area contributed by atoms with Gasteiger partial charge >= 0.3 is 5.97 Å². The van der Waals surface area contributed by atoms with Crippen LogP contribution in [0.4, 0.5) is 5.00 Å². The van der Waals surface area contributed by atoms with Gasteiger partial charge in [-0.25, -0.2) is 4.79 Å². The molecule has 0 fully saturated rings. The zero-order valence-electron chi connectivity index (χ0n) is 13.2. The number of anilines is 1. The number of hydrogen-bond acceptors (Lipinski definition) is 5. The van der Waals surface area contributed by atoms with Crippen molar-refractivity contribution in [3.05, 3.63) is 46.5 Å². The molecule has 5 nitrogen and oxygen atoms in total. The summed E-state index contributed by atoms with van der Waals surface area (Å²) in [5.74, 6) is 0.505. The molecule has 23 heavy (non-hydrogen) atoms. The van der Waals surface area contributed by atoms with E-state index in [0.717, 1.165) is 27.1 Å². The zero-order chi connectivity index (χ0) is 16.6. The average Bonchev–Trinajstić information content (AvgIpc) is 3.16. The molecule has 120 valence electrons. The Kier molecular flexibility index (Phi) is 4.00. The first kappa shape index (κ1) is 15.4. The van der Waals surface area contributed by atoms with Crippen LogP contribution in [0.25, 0.3) is 10.9 Å². The average molecular weight is 330 g/mol. The number of benzene rings is 1. The van der Waals surface area contributed by atoms with Crippen molar-refractivity contribution >= 4 is 33.2 Å². The Hall–Kier alpha value is -2.47. The quantitative estimate of drug-likeness (QED) is 0.714. The Morgan fingerprint density at radius 2 is 2.09 bits per heavy atom. The van der Waals surface area contributed by atoms with Crippen LogP contribution in [0, 0.1) is 0 Å². The van der Waals surface area contributed by atoms with Gasteiger partial charge in [-0.05, 0) is 29.8 Å². The first-order valence-electron chi connectivity index (χ1n) is 7.17. The van der Waals surface area contributed by atoms with Crippen molar-refractivity contribution in [1.82, 2.24) is 4.98 Å². The van der Waals surface area contributed by atoms with Crippen molar-refractivity contribution in [2.75, 3.05) is 20.0 Å². The minimum absolute atomic E-state index is 0.0987. The summed E-state index contributed by atoms with van der Waals surface area (Å²) in [4.78, 5) is 16.0. The van der Waals surface area contributed by atoms with Crippen LogP contribution in [0.1, 0.15) is 33.6 Å². The summed E-state index contributed by atoms with van der Waals surface area (Å²) < 4.78 is 10.1. The summed E-state index contributed by atoms with van der Waals surface area (Å²) in [6, 6.07) is 7.74. The maximum Gasteiger partial charge on any atom is 0.340 e. The van der Waals surface area contributed by atoms with Crippen LogP contribution in [-0.2, 0) is 4.74 Å². The van der Waals surface area contributed by atoms with E-state index in [2.05, 4.69) is 11.9 Å². The molecule has 0 aliphatic rings. The maximum atomic E-state index is 11.7. The number of ether oxygens (including phenoxy) is 2. The summed E-state index contributed by atoms with van der Waals surface area (Å²) in [6.45, 7) is 2.09. The van der Waals surface area contributed by atoms with Crippen molar-refractivity contribution < 1.29 is 14.3 Å². The Morgan fingerprint density at radius 1 is 1.30 bits per heavy atom. The highest BCUT2D eigenvalue weighted by Gasteiger charge is 2.20. The number of esters is 1. The second-order valence-corrected chi connectivity index (χ2v) is 6.41. The summed E-state index contributed by atoms with van der Waals surface area (Å²) in [7, 11) is 3.01. The molecule has 2 heterocycles. The molecule has 0 amide bonds. The molecule has 2 aromatic heterocycles. The van der Waals surface area contributed by atoms with Crippen LogP contribution in [-0.4, -0.2) is 25.2 Å². The SMILES string of the molecule is COC(=O)c1cc(C(C)c2c[nH]c3ccc(OC)cc23)sc1N. The van der Waals surface area contributed by atoms with Gasteiger partial charge in [-0.3, -0.25) is 0 Å². The summed E-state index contributed by atoms with van der Waals surface area (Å²) >= 11 is 1.41. The van der Waals surface area contributed by atoms with Gasteiger partial charge in [0.2, 0.25) is 0 Å². The molecule has 0 saturated heterocycles. The molecule has 1 atom stereocenters. The number of carbonyl (C=O) groups excluding carboxylic acids is 1. The number of carbonyl (C=O) groups is 1. The standard InChI is InChI=1S/C17H18N2O3S/c1-9(15-7-12(16(18)23-15)17(20)22-3)13-8-19-14-5-4-10(21-2)6-11(13)14/h4-9,19H,18H2,1-3H3. The van der Waals surface area contributed by atoms with Gasteiger partial charge in [-0.2, -0.15) is 0 Å². The van der Waals surface area contributed by atoms with Gasteiger partial charge in [0.05, 0.1) is 19.8 Å². The monoisotopic (exact) mass is 330 g/mol. The number of methoxy groups -OCH3 is 2. The van der Waals surface area contributed by atoms with E-state index < -0.39 is 5.97 Å². The minimum Gasteiger partial charge on any atom is -0.497 e. The van der Waals surface area contributed by atoms with E-state index in [1.807, 2.05) is 30.5 Å².